The molecule has 2 aromatic rings. The average molecular weight is 285 g/mol. The van der Waals surface area contributed by atoms with Crippen molar-refractivity contribution in [2.75, 3.05) is 11.4 Å². The molecule has 3 nitrogen and oxygen atoms in total. The van der Waals surface area contributed by atoms with E-state index in [4.69, 9.17) is 11.6 Å². The van der Waals surface area contributed by atoms with Crippen molar-refractivity contribution < 1.29 is 4.79 Å². The molecule has 88 valence electrons. The first-order chi connectivity index (χ1) is 8.24. The highest BCUT2D eigenvalue weighted by atomic mass is 35.5. The summed E-state index contributed by atoms with van der Waals surface area (Å²) in [6, 6.07) is 4.02. The maximum atomic E-state index is 11.7. The van der Waals surface area contributed by atoms with Gasteiger partial charge in [0, 0.05) is 18.3 Å². The van der Waals surface area contributed by atoms with E-state index in [1.165, 1.54) is 11.3 Å². The van der Waals surface area contributed by atoms with Crippen LogP contribution in [0.25, 0.3) is 10.6 Å². The van der Waals surface area contributed by atoms with Gasteiger partial charge in [-0.1, -0.05) is 6.07 Å². The Kier molecular flexibility index (Phi) is 2.90. The molecule has 3 rings (SSSR count). The molecule has 3 heterocycles. The smallest absolute Gasteiger partial charge is 0.230 e. The van der Waals surface area contributed by atoms with Crippen molar-refractivity contribution in [2.45, 2.75) is 11.8 Å². The summed E-state index contributed by atoms with van der Waals surface area (Å²) in [7, 11) is 0. The average Bonchev–Trinajstić information content (AvgIpc) is 2.97. The van der Waals surface area contributed by atoms with Crippen molar-refractivity contribution in [2.24, 2.45) is 0 Å². The zero-order chi connectivity index (χ0) is 11.8. The first-order valence-electron chi connectivity index (χ1n) is 5.18. The summed E-state index contributed by atoms with van der Waals surface area (Å²) in [4.78, 5) is 19.0. The number of rotatable bonds is 2. The van der Waals surface area contributed by atoms with Crippen LogP contribution in [0.5, 0.6) is 0 Å². The topological polar surface area (TPSA) is 33.2 Å². The molecule has 1 aliphatic rings. The van der Waals surface area contributed by atoms with Crippen LogP contribution in [0.2, 0.25) is 0 Å². The fourth-order valence-electron chi connectivity index (χ4n) is 1.77. The fourth-order valence-corrected chi connectivity index (χ4v) is 3.66. The third-order valence-electron chi connectivity index (χ3n) is 2.57. The van der Waals surface area contributed by atoms with E-state index >= 15 is 0 Å². The van der Waals surface area contributed by atoms with Crippen molar-refractivity contribution in [3.05, 3.63) is 22.9 Å². The number of carbonyl (C=O) groups excluding carboxylic acids is 1. The summed E-state index contributed by atoms with van der Waals surface area (Å²) >= 11 is 9.12. The summed E-state index contributed by atoms with van der Waals surface area (Å²) in [5.74, 6) is 0.0667. The van der Waals surface area contributed by atoms with Gasteiger partial charge >= 0.3 is 0 Å². The van der Waals surface area contributed by atoms with E-state index in [1.54, 1.807) is 16.2 Å². The van der Waals surface area contributed by atoms with E-state index in [0.29, 0.717) is 13.0 Å². The van der Waals surface area contributed by atoms with Crippen LogP contribution in [0.15, 0.2) is 22.9 Å². The van der Waals surface area contributed by atoms with Crippen molar-refractivity contribution in [3.8, 4) is 10.6 Å². The quantitative estimate of drug-likeness (QED) is 0.794. The van der Waals surface area contributed by atoms with E-state index in [0.717, 1.165) is 15.7 Å². The van der Waals surface area contributed by atoms with Gasteiger partial charge in [0.15, 0.2) is 5.13 Å². The monoisotopic (exact) mass is 284 g/mol. The third-order valence-corrected chi connectivity index (χ3v) is 4.62. The Morgan fingerprint density at radius 3 is 3.00 bits per heavy atom. The SMILES string of the molecule is O=C1CC(Cl)CN1c1nc(-c2cccs2)cs1. The standard InChI is InChI=1S/C11H9ClN2OS2/c12-7-4-10(15)14(5-7)11-13-8(6-17-11)9-2-1-3-16-9/h1-3,6-7H,4-5H2. The first-order valence-corrected chi connectivity index (χ1v) is 7.37. The minimum absolute atomic E-state index is 0.0667. The predicted molar refractivity (Wildman–Crippen MR) is 72.0 cm³/mol. The molecule has 0 N–H and O–H groups in total. The molecule has 6 heteroatoms. The Labute approximate surface area is 112 Å². The number of carbonyl (C=O) groups is 1. The van der Waals surface area contributed by atoms with Crippen LogP contribution >= 0.6 is 34.3 Å². The van der Waals surface area contributed by atoms with Gasteiger partial charge in [0.05, 0.1) is 15.9 Å². The van der Waals surface area contributed by atoms with Crippen LogP contribution in [0.1, 0.15) is 6.42 Å². The molecular formula is C11H9ClN2OS2. The molecule has 1 aliphatic heterocycles. The molecule has 0 spiro atoms. The zero-order valence-corrected chi connectivity index (χ0v) is 11.2. The van der Waals surface area contributed by atoms with Gasteiger partial charge in [-0.25, -0.2) is 4.98 Å². The maximum absolute atomic E-state index is 11.7. The van der Waals surface area contributed by atoms with Crippen molar-refractivity contribution >= 4 is 45.3 Å². The normalized spacial score (nSPS) is 20.2. The Bertz CT molecular complexity index is 537. The third kappa shape index (κ3) is 2.10. The Morgan fingerprint density at radius 1 is 1.47 bits per heavy atom. The van der Waals surface area contributed by atoms with E-state index in [2.05, 4.69) is 4.98 Å². The maximum Gasteiger partial charge on any atom is 0.230 e. The molecule has 0 saturated carbocycles. The van der Waals surface area contributed by atoms with Gasteiger partial charge in [0.25, 0.3) is 0 Å². The van der Waals surface area contributed by atoms with E-state index in [-0.39, 0.29) is 11.3 Å². The zero-order valence-electron chi connectivity index (χ0n) is 8.80. The van der Waals surface area contributed by atoms with E-state index in [9.17, 15) is 4.79 Å². The predicted octanol–water partition coefficient (Wildman–Crippen LogP) is 3.22. The number of thiazole rings is 1. The molecule has 2 aromatic heterocycles. The van der Waals surface area contributed by atoms with Crippen LogP contribution < -0.4 is 4.90 Å². The number of thiophene rings is 1. The highest BCUT2D eigenvalue weighted by Gasteiger charge is 2.30. The first kappa shape index (κ1) is 11.2. The van der Waals surface area contributed by atoms with Gasteiger partial charge in [-0.2, -0.15) is 0 Å². The molecule has 0 radical (unpaired) electrons. The van der Waals surface area contributed by atoms with Crippen molar-refractivity contribution in [1.29, 1.82) is 0 Å². The number of alkyl halides is 1. The summed E-state index contributed by atoms with van der Waals surface area (Å²) in [6.45, 7) is 0.567. The Hall–Kier alpha value is -0.910. The molecule has 1 saturated heterocycles. The van der Waals surface area contributed by atoms with Gasteiger partial charge < -0.3 is 0 Å². The second-order valence-electron chi connectivity index (χ2n) is 3.80. The molecule has 0 aromatic carbocycles. The van der Waals surface area contributed by atoms with Gasteiger partial charge in [0.2, 0.25) is 5.91 Å². The summed E-state index contributed by atoms with van der Waals surface area (Å²) in [6.07, 6.45) is 0.412. The second kappa shape index (κ2) is 4.40. The lowest BCUT2D eigenvalue weighted by molar-refractivity contribution is -0.117. The number of hydrogen-bond donors (Lipinski definition) is 0. The largest absolute Gasteiger partial charge is 0.287 e. The molecule has 0 bridgehead atoms. The highest BCUT2D eigenvalue weighted by molar-refractivity contribution is 7.16. The number of hydrogen-bond acceptors (Lipinski definition) is 4. The van der Waals surface area contributed by atoms with Crippen LogP contribution in [-0.2, 0) is 4.79 Å². The lowest BCUT2D eigenvalue weighted by Gasteiger charge is -2.10. The molecule has 1 fully saturated rings. The summed E-state index contributed by atoms with van der Waals surface area (Å²) < 4.78 is 0. The highest BCUT2D eigenvalue weighted by Crippen LogP contribution is 2.32. The minimum atomic E-state index is -0.0865. The fraction of sp³-hybridized carbons (Fsp3) is 0.273. The van der Waals surface area contributed by atoms with Crippen molar-refractivity contribution in [1.82, 2.24) is 4.98 Å². The molecule has 17 heavy (non-hydrogen) atoms. The number of amides is 1. The number of anilines is 1. The van der Waals surface area contributed by atoms with Crippen LogP contribution in [0, 0.1) is 0 Å². The van der Waals surface area contributed by atoms with E-state index in [1.807, 2.05) is 22.9 Å². The van der Waals surface area contributed by atoms with Crippen LogP contribution in [0.4, 0.5) is 5.13 Å². The number of nitrogens with zero attached hydrogens (tertiary/aromatic N) is 2. The molecule has 1 amide bonds. The number of halogens is 1. The van der Waals surface area contributed by atoms with Crippen LogP contribution in [-0.4, -0.2) is 22.8 Å². The lowest BCUT2D eigenvalue weighted by atomic mass is 10.4. The van der Waals surface area contributed by atoms with Gasteiger partial charge in [-0.15, -0.1) is 34.3 Å². The lowest BCUT2D eigenvalue weighted by Crippen LogP contribution is -2.24. The van der Waals surface area contributed by atoms with E-state index < -0.39 is 0 Å². The minimum Gasteiger partial charge on any atom is -0.287 e. The van der Waals surface area contributed by atoms with Crippen LogP contribution in [0.3, 0.4) is 0 Å². The van der Waals surface area contributed by atoms with Crippen molar-refractivity contribution in [3.63, 3.8) is 0 Å². The Balaban J connectivity index is 1.88. The summed E-state index contributed by atoms with van der Waals surface area (Å²) in [5, 5.41) is 4.67. The Morgan fingerprint density at radius 2 is 2.35 bits per heavy atom. The molecule has 1 atom stereocenters. The molecule has 1 unspecified atom stereocenters. The number of aromatic nitrogens is 1. The summed E-state index contributed by atoms with van der Waals surface area (Å²) in [5.41, 5.74) is 0.936. The second-order valence-corrected chi connectivity index (χ2v) is 6.20. The van der Waals surface area contributed by atoms with Gasteiger partial charge in [-0.05, 0) is 11.4 Å². The van der Waals surface area contributed by atoms with Gasteiger partial charge in [-0.3, -0.25) is 9.69 Å². The molecular weight excluding hydrogens is 276 g/mol. The van der Waals surface area contributed by atoms with Gasteiger partial charge in [0.1, 0.15) is 0 Å². The molecule has 0 aliphatic carbocycles.